The average Bonchev–Trinajstić information content (AvgIpc) is 3.90. The Labute approximate surface area is 312 Å². The van der Waals surface area contributed by atoms with E-state index in [1.54, 1.807) is 37.9 Å². The van der Waals surface area contributed by atoms with E-state index in [0.717, 1.165) is 25.7 Å². The Hall–Kier alpha value is -3.18. The molecule has 2 aliphatic heterocycles. The van der Waals surface area contributed by atoms with Crippen molar-refractivity contribution in [2.45, 2.75) is 137 Å². The molecule has 2 heterocycles. The van der Waals surface area contributed by atoms with Gasteiger partial charge in [-0.15, -0.1) is 0 Å². The van der Waals surface area contributed by atoms with Crippen molar-refractivity contribution in [2.24, 2.45) is 23.7 Å². The lowest BCUT2D eigenvalue weighted by atomic mass is 9.79. The molecule has 0 spiro atoms. The Kier molecular flexibility index (Phi) is 13.5. The van der Waals surface area contributed by atoms with Crippen LogP contribution in [0, 0.1) is 23.7 Å². The molecule has 1 aromatic rings. The van der Waals surface area contributed by atoms with Gasteiger partial charge < -0.3 is 33.6 Å². The number of likely N-dealkylation sites (tertiary alicyclic amines) is 1. The molecule has 3 amide bonds. The number of carbonyl (C=O) groups excluding carboxylic acids is 4. The van der Waals surface area contributed by atoms with E-state index in [2.05, 4.69) is 27.7 Å². The van der Waals surface area contributed by atoms with Crippen LogP contribution in [0.15, 0.2) is 18.2 Å². The van der Waals surface area contributed by atoms with Crippen molar-refractivity contribution < 1.29 is 38.1 Å². The molecule has 0 bridgehead atoms. The van der Waals surface area contributed by atoms with Crippen molar-refractivity contribution in [1.29, 1.82) is 0 Å². The quantitative estimate of drug-likeness (QED) is 0.162. The van der Waals surface area contributed by atoms with Crippen LogP contribution in [0.4, 0.5) is 16.2 Å². The summed E-state index contributed by atoms with van der Waals surface area (Å²) in [5.41, 5.74) is -0.760. The summed E-state index contributed by atoms with van der Waals surface area (Å²) in [7, 11) is 3.38. The summed E-state index contributed by atoms with van der Waals surface area (Å²) in [5, 5.41) is 0. The molecule has 3 aliphatic rings. The van der Waals surface area contributed by atoms with E-state index in [1.807, 2.05) is 43.9 Å². The number of hydrogen-bond donors (Lipinski definition) is 0. The predicted octanol–water partition coefficient (Wildman–Crippen LogP) is 7.42. The van der Waals surface area contributed by atoms with E-state index in [-0.39, 0.29) is 42.3 Å². The molecule has 11 nitrogen and oxygen atoms in total. The summed E-state index contributed by atoms with van der Waals surface area (Å²) in [6, 6.07) is 5.58. The summed E-state index contributed by atoms with van der Waals surface area (Å²) in [4.78, 5) is 60.7. The van der Waals surface area contributed by atoms with Crippen molar-refractivity contribution in [1.82, 2.24) is 4.90 Å². The normalized spacial score (nSPS) is 21.0. The Bertz CT molecular complexity index is 1430. The molecule has 4 rings (SSSR count). The van der Waals surface area contributed by atoms with Gasteiger partial charge in [-0.3, -0.25) is 14.4 Å². The van der Waals surface area contributed by atoms with Crippen LogP contribution in [-0.4, -0.2) is 91.9 Å². The lowest BCUT2D eigenvalue weighted by Crippen LogP contribution is -2.53. The third-order valence-corrected chi connectivity index (χ3v) is 10.7. The van der Waals surface area contributed by atoms with Gasteiger partial charge in [0.05, 0.1) is 17.2 Å². The zero-order valence-corrected chi connectivity index (χ0v) is 33.7. The van der Waals surface area contributed by atoms with Crippen LogP contribution in [0.5, 0.6) is 5.75 Å². The van der Waals surface area contributed by atoms with Crippen LogP contribution in [-0.2, 0) is 28.6 Å². The SMILES string of the molecule is COCCCN1C(=O)C(C)(C)Oc2ccc(N(C(=O)[C@@H]3CC(C(=O)CCCC(CC(C)C)C(C)(C)OC)CN(C(=O)OC(C)(C)C)C3)C3CC3)cc21. The highest BCUT2D eigenvalue weighted by Crippen LogP contribution is 2.43. The highest BCUT2D eigenvalue weighted by Gasteiger charge is 2.45. The van der Waals surface area contributed by atoms with Crippen molar-refractivity contribution in [2.75, 3.05) is 50.3 Å². The minimum Gasteiger partial charge on any atom is -0.476 e. The number of hydrogen-bond acceptors (Lipinski definition) is 8. The van der Waals surface area contributed by atoms with Crippen LogP contribution in [0.2, 0.25) is 0 Å². The molecule has 0 N–H and O–H groups in total. The van der Waals surface area contributed by atoms with Gasteiger partial charge >= 0.3 is 6.09 Å². The molecule has 3 atom stereocenters. The predicted molar refractivity (Wildman–Crippen MR) is 203 cm³/mol. The fourth-order valence-electron chi connectivity index (χ4n) is 7.54. The first kappa shape index (κ1) is 41.6. The topological polar surface area (TPSA) is 115 Å². The third-order valence-electron chi connectivity index (χ3n) is 10.7. The second-order valence-electron chi connectivity index (χ2n) is 17.5. The van der Waals surface area contributed by atoms with Crippen molar-refractivity contribution in [3.8, 4) is 5.75 Å². The highest BCUT2D eigenvalue weighted by molar-refractivity contribution is 6.04. The number of Topliss-reactive ketones (excluding diaryl/α,β-unsaturated/α-hetero) is 1. The van der Waals surface area contributed by atoms with Gasteiger partial charge in [0.2, 0.25) is 5.91 Å². The van der Waals surface area contributed by atoms with Gasteiger partial charge in [-0.1, -0.05) is 13.8 Å². The van der Waals surface area contributed by atoms with E-state index in [9.17, 15) is 19.2 Å². The summed E-state index contributed by atoms with van der Waals surface area (Å²) in [6.07, 6.45) is 5.15. The maximum Gasteiger partial charge on any atom is 0.410 e. The largest absolute Gasteiger partial charge is 0.476 e. The fraction of sp³-hybridized carbons (Fsp3) is 0.756. The molecule has 2 fully saturated rings. The first-order valence-electron chi connectivity index (χ1n) is 19.3. The summed E-state index contributed by atoms with van der Waals surface area (Å²) >= 11 is 0. The molecule has 1 aromatic carbocycles. The van der Waals surface area contributed by atoms with E-state index in [4.69, 9.17) is 18.9 Å². The molecular weight excluding hydrogens is 662 g/mol. The van der Waals surface area contributed by atoms with E-state index in [0.29, 0.717) is 67.8 Å². The molecule has 1 saturated heterocycles. The van der Waals surface area contributed by atoms with Crippen molar-refractivity contribution >= 4 is 35.1 Å². The number of nitrogens with zero attached hydrogens (tertiary/aromatic N) is 3. The number of carbonyl (C=O) groups is 4. The maximum atomic E-state index is 14.7. The molecule has 11 heteroatoms. The summed E-state index contributed by atoms with van der Waals surface area (Å²) in [6.45, 7) is 18.9. The van der Waals surface area contributed by atoms with Gasteiger partial charge in [-0.2, -0.15) is 0 Å². The first-order chi connectivity index (χ1) is 24.3. The zero-order chi connectivity index (χ0) is 38.6. The van der Waals surface area contributed by atoms with Gasteiger partial charge in [0, 0.05) is 64.5 Å². The van der Waals surface area contributed by atoms with Crippen LogP contribution >= 0.6 is 0 Å². The Morgan fingerprint density at radius 1 is 1.02 bits per heavy atom. The smallest absolute Gasteiger partial charge is 0.410 e. The van der Waals surface area contributed by atoms with Gasteiger partial charge in [0.25, 0.3) is 5.91 Å². The minimum absolute atomic E-state index is 0.00257. The van der Waals surface area contributed by atoms with Gasteiger partial charge in [-0.25, -0.2) is 4.79 Å². The van der Waals surface area contributed by atoms with Gasteiger partial charge in [0.1, 0.15) is 17.1 Å². The summed E-state index contributed by atoms with van der Waals surface area (Å²) < 4.78 is 23.0. The monoisotopic (exact) mass is 727 g/mol. The number of benzene rings is 1. The number of ketones is 1. The third kappa shape index (κ3) is 10.5. The second-order valence-corrected chi connectivity index (χ2v) is 17.5. The van der Waals surface area contributed by atoms with Gasteiger partial charge in [-0.05, 0) is 123 Å². The van der Waals surface area contributed by atoms with E-state index >= 15 is 0 Å². The number of methoxy groups -OCH3 is 2. The second kappa shape index (κ2) is 16.9. The van der Waals surface area contributed by atoms with Crippen LogP contribution < -0.4 is 14.5 Å². The number of ether oxygens (including phenoxy) is 4. The first-order valence-corrected chi connectivity index (χ1v) is 19.3. The number of anilines is 2. The fourth-order valence-corrected chi connectivity index (χ4v) is 7.54. The molecule has 1 saturated carbocycles. The Morgan fingerprint density at radius 2 is 1.69 bits per heavy atom. The lowest BCUT2D eigenvalue weighted by Gasteiger charge is -2.40. The minimum atomic E-state index is -1.03. The maximum absolute atomic E-state index is 14.7. The standard InChI is InChI=1S/C41H65N3O8/c1-27(2)22-30(40(6,7)50-11)14-12-15-34(45)28-23-29(26-42(25-28)38(48)52-39(3,4)5)36(46)44(31-16-17-31)32-18-19-35-33(24-32)43(20-13-21-49-10)37(47)41(8,9)51-35/h18-19,24,27-31H,12-17,20-23,25-26H2,1-11H3/t28?,29-,30?/m1/s1. The zero-order valence-electron chi connectivity index (χ0n) is 33.7. The molecule has 52 heavy (non-hydrogen) atoms. The molecule has 2 unspecified atom stereocenters. The Balaban J connectivity index is 1.59. The number of piperidine rings is 1. The van der Waals surface area contributed by atoms with E-state index in [1.165, 1.54) is 0 Å². The van der Waals surface area contributed by atoms with Crippen molar-refractivity contribution in [3.05, 3.63) is 18.2 Å². The number of amides is 3. The van der Waals surface area contributed by atoms with Gasteiger partial charge in [0.15, 0.2) is 5.60 Å². The highest BCUT2D eigenvalue weighted by atomic mass is 16.6. The van der Waals surface area contributed by atoms with Crippen LogP contribution in [0.25, 0.3) is 0 Å². The van der Waals surface area contributed by atoms with E-state index < -0.39 is 29.1 Å². The van der Waals surface area contributed by atoms with Crippen LogP contribution in [0.1, 0.15) is 114 Å². The number of rotatable bonds is 16. The Morgan fingerprint density at radius 3 is 2.29 bits per heavy atom. The lowest BCUT2D eigenvalue weighted by molar-refractivity contribution is -0.132. The molecule has 1 aliphatic carbocycles. The number of fused-ring (bicyclic) bond motifs is 1. The summed E-state index contributed by atoms with van der Waals surface area (Å²) in [5.74, 6) is 0.105. The average molecular weight is 728 g/mol. The molecule has 0 radical (unpaired) electrons. The molecule has 292 valence electrons. The van der Waals surface area contributed by atoms with Crippen LogP contribution in [0.3, 0.4) is 0 Å². The molecular formula is C41H65N3O8. The molecule has 0 aromatic heterocycles. The van der Waals surface area contributed by atoms with Crippen molar-refractivity contribution in [3.63, 3.8) is 0 Å².